The van der Waals surface area contributed by atoms with Gasteiger partial charge in [0.25, 0.3) is 10.0 Å². The molecular formula is C26H27N3O5S. The van der Waals surface area contributed by atoms with Gasteiger partial charge in [0.1, 0.15) is 5.75 Å². The van der Waals surface area contributed by atoms with Crippen molar-refractivity contribution >= 4 is 27.5 Å². The largest absolute Gasteiger partial charge is 0.508 e. The van der Waals surface area contributed by atoms with Crippen LogP contribution in [0.4, 0.5) is 10.5 Å². The van der Waals surface area contributed by atoms with E-state index in [1.54, 1.807) is 43.3 Å². The van der Waals surface area contributed by atoms with Gasteiger partial charge in [0.15, 0.2) is 5.78 Å². The molecule has 1 unspecified atom stereocenters. The van der Waals surface area contributed by atoms with Crippen LogP contribution in [0.1, 0.15) is 23.1 Å². The lowest BCUT2D eigenvalue weighted by Crippen LogP contribution is -2.53. The number of carbonyl (C=O) groups excluding carboxylic acids is 2. The van der Waals surface area contributed by atoms with Gasteiger partial charge in [-0.2, -0.15) is 0 Å². The standard InChI is InChI=1S/C26H27N3O5S/c1-17-7-5-6-10-24(17)35(33,34)29-26(32)28-23(15-18-8-3-2-4-9-18)25(31)22-13-11-19-16-20(30)12-14-21(19)27-22/h2-10,12,14,16,22-23,27,30H,11,13,15H2,1H3,(H2,28,29,32)/t22?,23-/m0/s1. The van der Waals surface area contributed by atoms with E-state index < -0.39 is 28.1 Å². The molecule has 3 aromatic rings. The van der Waals surface area contributed by atoms with Crippen molar-refractivity contribution in [2.45, 2.75) is 43.2 Å². The summed E-state index contributed by atoms with van der Waals surface area (Å²) in [5, 5.41) is 15.5. The number of aryl methyl sites for hydroxylation is 2. The second-order valence-corrected chi connectivity index (χ2v) is 10.2. The van der Waals surface area contributed by atoms with Crippen LogP contribution >= 0.6 is 0 Å². The molecule has 3 aromatic carbocycles. The Labute approximate surface area is 204 Å². The minimum Gasteiger partial charge on any atom is -0.508 e. The fourth-order valence-corrected chi connectivity index (χ4v) is 5.40. The van der Waals surface area contributed by atoms with Gasteiger partial charge >= 0.3 is 6.03 Å². The third-order valence-electron chi connectivity index (χ3n) is 6.01. The van der Waals surface area contributed by atoms with E-state index in [1.165, 1.54) is 6.07 Å². The molecule has 1 aliphatic heterocycles. The normalized spacial score (nSPS) is 15.9. The molecule has 2 atom stereocenters. The molecule has 0 saturated carbocycles. The first-order chi connectivity index (χ1) is 16.7. The molecule has 1 heterocycles. The minimum atomic E-state index is -4.12. The minimum absolute atomic E-state index is 0.00473. The van der Waals surface area contributed by atoms with Gasteiger partial charge in [0.2, 0.25) is 0 Å². The second-order valence-electron chi connectivity index (χ2n) is 8.57. The highest BCUT2D eigenvalue weighted by molar-refractivity contribution is 7.90. The zero-order valence-corrected chi connectivity index (χ0v) is 20.0. The number of phenols is 1. The number of nitrogens with one attached hydrogen (secondary N) is 3. The first-order valence-corrected chi connectivity index (χ1v) is 12.8. The summed E-state index contributed by atoms with van der Waals surface area (Å²) in [5.74, 6) is -0.0958. The van der Waals surface area contributed by atoms with Crippen molar-refractivity contribution in [3.05, 3.63) is 89.5 Å². The SMILES string of the molecule is Cc1ccccc1S(=O)(=O)NC(=O)N[C@@H](Cc1ccccc1)C(=O)C1CCc2cc(O)ccc2N1. The highest BCUT2D eigenvalue weighted by Gasteiger charge is 2.32. The third kappa shape index (κ3) is 5.81. The molecule has 9 heteroatoms. The molecule has 2 amide bonds. The molecular weight excluding hydrogens is 466 g/mol. The number of ketones is 1. The molecule has 0 aromatic heterocycles. The van der Waals surface area contributed by atoms with Gasteiger partial charge in [-0.3, -0.25) is 4.79 Å². The number of phenolic OH excluding ortho intramolecular Hbond substituents is 1. The number of hydrogen-bond acceptors (Lipinski definition) is 6. The summed E-state index contributed by atoms with van der Waals surface area (Å²) >= 11 is 0. The molecule has 0 aliphatic carbocycles. The Morgan fingerprint density at radius 2 is 1.77 bits per heavy atom. The highest BCUT2D eigenvalue weighted by atomic mass is 32.2. The monoisotopic (exact) mass is 493 g/mol. The van der Waals surface area contributed by atoms with Gasteiger partial charge in [-0.15, -0.1) is 0 Å². The molecule has 1 aliphatic rings. The molecule has 0 saturated heterocycles. The van der Waals surface area contributed by atoms with Gasteiger partial charge < -0.3 is 15.7 Å². The molecule has 0 bridgehead atoms. The van der Waals surface area contributed by atoms with Gasteiger partial charge in [0, 0.05) is 5.69 Å². The smallest absolute Gasteiger partial charge is 0.329 e. The lowest BCUT2D eigenvalue weighted by Gasteiger charge is -2.29. The summed E-state index contributed by atoms with van der Waals surface area (Å²) in [6.07, 6.45) is 1.27. The van der Waals surface area contributed by atoms with Crippen LogP contribution in [0, 0.1) is 6.92 Å². The van der Waals surface area contributed by atoms with Gasteiger partial charge in [-0.25, -0.2) is 17.9 Å². The van der Waals surface area contributed by atoms with Crippen LogP contribution in [-0.4, -0.2) is 37.4 Å². The Kier molecular flexibility index (Phi) is 7.07. The fourth-order valence-electron chi connectivity index (χ4n) is 4.24. The number of fused-ring (bicyclic) bond motifs is 1. The zero-order chi connectivity index (χ0) is 25.0. The highest BCUT2D eigenvalue weighted by Crippen LogP contribution is 2.29. The number of benzene rings is 3. The maximum atomic E-state index is 13.5. The third-order valence-corrected chi connectivity index (χ3v) is 7.50. The van der Waals surface area contributed by atoms with Crippen molar-refractivity contribution < 1.29 is 23.1 Å². The van der Waals surface area contributed by atoms with Crippen LogP contribution in [0.25, 0.3) is 0 Å². The van der Waals surface area contributed by atoms with Crippen molar-refractivity contribution in [3.63, 3.8) is 0 Å². The maximum absolute atomic E-state index is 13.5. The van der Waals surface area contributed by atoms with E-state index in [-0.39, 0.29) is 22.8 Å². The first-order valence-electron chi connectivity index (χ1n) is 11.3. The number of carbonyl (C=O) groups is 2. The lowest BCUT2D eigenvalue weighted by atomic mass is 9.90. The van der Waals surface area contributed by atoms with E-state index in [9.17, 15) is 23.1 Å². The molecule has 4 N–H and O–H groups in total. The van der Waals surface area contributed by atoms with Crippen LogP contribution in [0.5, 0.6) is 5.75 Å². The Morgan fingerprint density at radius 1 is 1.06 bits per heavy atom. The Morgan fingerprint density at radius 3 is 2.51 bits per heavy atom. The quantitative estimate of drug-likeness (QED) is 0.375. The van der Waals surface area contributed by atoms with Crippen LogP contribution < -0.4 is 15.4 Å². The van der Waals surface area contributed by atoms with Crippen molar-refractivity contribution in [3.8, 4) is 5.75 Å². The fraction of sp³-hybridized carbons (Fsp3) is 0.231. The van der Waals surface area contributed by atoms with Crippen LogP contribution in [0.15, 0.2) is 77.7 Å². The predicted molar refractivity (Wildman–Crippen MR) is 133 cm³/mol. The lowest BCUT2D eigenvalue weighted by molar-refractivity contribution is -0.121. The number of amides is 2. The van der Waals surface area contributed by atoms with Crippen molar-refractivity contribution in [1.82, 2.24) is 10.0 Å². The van der Waals surface area contributed by atoms with Crippen LogP contribution in [-0.2, 0) is 27.7 Å². The molecule has 0 radical (unpaired) electrons. The summed E-state index contributed by atoms with van der Waals surface area (Å²) in [6.45, 7) is 1.64. The van der Waals surface area contributed by atoms with E-state index in [2.05, 4.69) is 10.6 Å². The average molecular weight is 494 g/mol. The van der Waals surface area contributed by atoms with Crippen LogP contribution in [0.3, 0.4) is 0 Å². The van der Waals surface area contributed by atoms with E-state index in [1.807, 2.05) is 35.1 Å². The van der Waals surface area contributed by atoms with Crippen molar-refractivity contribution in [2.24, 2.45) is 0 Å². The van der Waals surface area contributed by atoms with E-state index in [0.717, 1.165) is 16.8 Å². The number of sulfonamides is 1. The van der Waals surface area contributed by atoms with Crippen molar-refractivity contribution in [1.29, 1.82) is 0 Å². The number of aromatic hydroxyl groups is 1. The zero-order valence-electron chi connectivity index (χ0n) is 19.2. The predicted octanol–water partition coefficient (Wildman–Crippen LogP) is 3.30. The topological polar surface area (TPSA) is 125 Å². The average Bonchev–Trinajstić information content (AvgIpc) is 2.83. The van der Waals surface area contributed by atoms with Crippen molar-refractivity contribution in [2.75, 3.05) is 5.32 Å². The summed E-state index contributed by atoms with van der Waals surface area (Å²) in [7, 11) is -4.12. The summed E-state index contributed by atoms with van der Waals surface area (Å²) in [4.78, 5) is 26.3. The summed E-state index contributed by atoms with van der Waals surface area (Å²) in [6, 6.07) is 18.0. The molecule has 4 rings (SSSR count). The maximum Gasteiger partial charge on any atom is 0.329 e. The number of rotatable bonds is 7. The van der Waals surface area contributed by atoms with E-state index in [0.29, 0.717) is 18.4 Å². The molecule has 35 heavy (non-hydrogen) atoms. The van der Waals surface area contributed by atoms with E-state index >= 15 is 0 Å². The van der Waals surface area contributed by atoms with Crippen LogP contribution in [0.2, 0.25) is 0 Å². The summed E-state index contributed by atoms with van der Waals surface area (Å²) in [5.41, 5.74) is 2.98. The number of Topliss-reactive ketones (excluding diaryl/α,β-unsaturated/α-hetero) is 1. The van der Waals surface area contributed by atoms with Gasteiger partial charge in [-0.1, -0.05) is 48.5 Å². The summed E-state index contributed by atoms with van der Waals surface area (Å²) < 4.78 is 27.5. The van der Waals surface area contributed by atoms with Gasteiger partial charge in [0.05, 0.1) is 17.0 Å². The second kappa shape index (κ2) is 10.2. The van der Waals surface area contributed by atoms with Gasteiger partial charge in [-0.05, 0) is 67.1 Å². The Bertz CT molecular complexity index is 1340. The Hall–Kier alpha value is -3.85. The molecule has 0 fully saturated rings. The molecule has 182 valence electrons. The number of urea groups is 1. The molecule has 0 spiro atoms. The molecule has 8 nitrogen and oxygen atoms in total. The first kappa shape index (κ1) is 24.3. The Balaban J connectivity index is 1.53. The van der Waals surface area contributed by atoms with E-state index in [4.69, 9.17) is 0 Å². The number of hydrogen-bond donors (Lipinski definition) is 4. The number of anilines is 1.